The Morgan fingerprint density at radius 2 is 1.84 bits per heavy atom. The highest BCUT2D eigenvalue weighted by Gasteiger charge is 2.26. The number of aryl methyl sites for hydroxylation is 1. The highest BCUT2D eigenvalue weighted by molar-refractivity contribution is 5.78. The van der Waals surface area contributed by atoms with E-state index < -0.39 is 0 Å². The van der Waals surface area contributed by atoms with Crippen LogP contribution in [0.4, 0.5) is 11.5 Å². The molecule has 1 aromatic carbocycles. The number of methoxy groups -OCH3 is 1. The lowest BCUT2D eigenvalue weighted by atomic mass is 9.97. The average molecular weight is 422 g/mol. The van der Waals surface area contributed by atoms with Crippen molar-refractivity contribution in [1.29, 1.82) is 0 Å². The van der Waals surface area contributed by atoms with Gasteiger partial charge in [-0.25, -0.2) is 0 Å². The van der Waals surface area contributed by atoms with Gasteiger partial charge in [-0.2, -0.15) is 4.52 Å². The van der Waals surface area contributed by atoms with Crippen LogP contribution >= 0.6 is 0 Å². The van der Waals surface area contributed by atoms with Crippen LogP contribution in [0.1, 0.15) is 24.8 Å². The highest BCUT2D eigenvalue weighted by Crippen LogP contribution is 2.36. The van der Waals surface area contributed by atoms with Crippen molar-refractivity contribution in [2.75, 3.05) is 57.6 Å². The fourth-order valence-electron chi connectivity index (χ4n) is 4.75. The lowest BCUT2D eigenvalue weighted by Gasteiger charge is -2.31. The molecule has 1 saturated heterocycles. The van der Waals surface area contributed by atoms with E-state index in [4.69, 9.17) is 9.84 Å². The third-order valence-electron chi connectivity index (χ3n) is 6.67. The molecule has 0 aliphatic carbocycles. The molecule has 0 atom stereocenters. The maximum atomic E-state index is 5.30. The summed E-state index contributed by atoms with van der Waals surface area (Å²) < 4.78 is 7.21. The van der Waals surface area contributed by atoms with E-state index in [1.54, 1.807) is 7.11 Å². The summed E-state index contributed by atoms with van der Waals surface area (Å²) in [5, 5.41) is 17.8. The van der Waals surface area contributed by atoms with Crippen molar-refractivity contribution < 1.29 is 4.74 Å². The molecular formula is C23H31N7O. The largest absolute Gasteiger partial charge is 0.497 e. The van der Waals surface area contributed by atoms with Gasteiger partial charge in [-0.05, 0) is 76.0 Å². The van der Waals surface area contributed by atoms with Gasteiger partial charge >= 0.3 is 0 Å². The van der Waals surface area contributed by atoms with Crippen LogP contribution in [-0.2, 0) is 6.42 Å². The number of aromatic nitrogens is 4. The summed E-state index contributed by atoms with van der Waals surface area (Å²) in [5.41, 5.74) is 4.26. The van der Waals surface area contributed by atoms with E-state index in [0.717, 1.165) is 54.5 Å². The molecule has 0 radical (unpaired) electrons. The number of likely N-dealkylation sites (tertiary alicyclic amines) is 1. The number of nitrogens with one attached hydrogen (secondary N) is 1. The zero-order chi connectivity index (χ0) is 21.4. The van der Waals surface area contributed by atoms with Gasteiger partial charge in [0.2, 0.25) is 0 Å². The van der Waals surface area contributed by atoms with Gasteiger partial charge < -0.3 is 19.9 Å². The third-order valence-corrected chi connectivity index (χ3v) is 6.67. The fraction of sp³-hybridized carbons (Fsp3) is 0.522. The predicted octanol–water partition coefficient (Wildman–Crippen LogP) is 2.94. The minimum Gasteiger partial charge on any atom is -0.497 e. The number of benzene rings is 1. The van der Waals surface area contributed by atoms with E-state index in [1.165, 1.54) is 37.2 Å². The Balaban J connectivity index is 1.52. The van der Waals surface area contributed by atoms with Gasteiger partial charge in [0, 0.05) is 31.3 Å². The molecule has 8 heteroatoms. The van der Waals surface area contributed by atoms with E-state index in [9.17, 15) is 0 Å². The zero-order valence-corrected chi connectivity index (χ0v) is 18.6. The number of fused-ring (bicyclic) bond motifs is 3. The summed E-state index contributed by atoms with van der Waals surface area (Å²) in [6.45, 7) is 4.33. The molecule has 2 aliphatic rings. The van der Waals surface area contributed by atoms with Gasteiger partial charge in [0.15, 0.2) is 17.3 Å². The number of anilines is 2. The molecule has 2 aliphatic heterocycles. The normalized spacial score (nSPS) is 17.7. The first kappa shape index (κ1) is 20.1. The second-order valence-electron chi connectivity index (χ2n) is 8.82. The van der Waals surface area contributed by atoms with Crippen LogP contribution in [0.3, 0.4) is 0 Å². The maximum absolute atomic E-state index is 5.30. The minimum absolute atomic E-state index is 0.681. The maximum Gasteiger partial charge on any atom is 0.185 e. The van der Waals surface area contributed by atoms with Crippen LogP contribution in [0.25, 0.3) is 17.0 Å². The van der Waals surface area contributed by atoms with Gasteiger partial charge in [-0.1, -0.05) is 0 Å². The summed E-state index contributed by atoms with van der Waals surface area (Å²) >= 11 is 0. The Morgan fingerprint density at radius 1 is 1.06 bits per heavy atom. The first-order valence-electron chi connectivity index (χ1n) is 11.2. The monoisotopic (exact) mass is 421 g/mol. The summed E-state index contributed by atoms with van der Waals surface area (Å²) in [4.78, 5) is 4.72. The molecule has 1 N–H and O–H groups in total. The number of rotatable bonds is 5. The van der Waals surface area contributed by atoms with Crippen molar-refractivity contribution in [3.05, 3.63) is 29.8 Å². The van der Waals surface area contributed by atoms with Gasteiger partial charge in [-0.3, -0.25) is 0 Å². The van der Waals surface area contributed by atoms with E-state index >= 15 is 0 Å². The van der Waals surface area contributed by atoms with E-state index in [2.05, 4.69) is 39.4 Å². The topological polar surface area (TPSA) is 70.8 Å². The van der Waals surface area contributed by atoms with Crippen LogP contribution in [0.5, 0.6) is 5.75 Å². The Hall–Kier alpha value is -2.87. The smallest absolute Gasteiger partial charge is 0.185 e. The van der Waals surface area contributed by atoms with Crippen molar-refractivity contribution in [2.24, 2.45) is 5.92 Å². The molecule has 0 bridgehead atoms. The highest BCUT2D eigenvalue weighted by atomic mass is 16.5. The molecule has 5 rings (SSSR count). The zero-order valence-electron chi connectivity index (χ0n) is 18.6. The molecule has 8 nitrogen and oxygen atoms in total. The molecule has 0 amide bonds. The second kappa shape index (κ2) is 8.34. The van der Waals surface area contributed by atoms with Crippen LogP contribution in [-0.4, -0.2) is 72.1 Å². The van der Waals surface area contributed by atoms with Crippen LogP contribution < -0.4 is 15.0 Å². The number of ether oxygens (including phenoxy) is 1. The average Bonchev–Trinajstić information content (AvgIpc) is 3.23. The summed E-state index contributed by atoms with van der Waals surface area (Å²) in [5.74, 6) is 3.21. The van der Waals surface area contributed by atoms with Crippen molar-refractivity contribution in [1.82, 2.24) is 24.7 Å². The Kier molecular flexibility index (Phi) is 5.40. The lowest BCUT2D eigenvalue weighted by molar-refractivity contribution is 0.226. The summed E-state index contributed by atoms with van der Waals surface area (Å²) in [6.07, 6.45) is 4.57. The van der Waals surface area contributed by atoms with Gasteiger partial charge in [0.05, 0.1) is 12.8 Å². The van der Waals surface area contributed by atoms with Crippen molar-refractivity contribution in [2.45, 2.75) is 25.7 Å². The van der Waals surface area contributed by atoms with Gasteiger partial charge in [0.1, 0.15) is 5.75 Å². The summed E-state index contributed by atoms with van der Waals surface area (Å²) in [6, 6.07) is 7.91. The van der Waals surface area contributed by atoms with Crippen molar-refractivity contribution >= 4 is 17.2 Å². The molecular weight excluding hydrogens is 390 g/mol. The third kappa shape index (κ3) is 3.80. The predicted molar refractivity (Wildman–Crippen MR) is 123 cm³/mol. The minimum atomic E-state index is 0.681. The van der Waals surface area contributed by atoms with E-state index in [-0.39, 0.29) is 0 Å². The molecule has 0 unspecified atom stereocenters. The second-order valence-corrected chi connectivity index (χ2v) is 8.82. The number of nitrogens with zero attached hydrogens (tertiary/aromatic N) is 6. The van der Waals surface area contributed by atoms with Gasteiger partial charge in [-0.15, -0.1) is 15.3 Å². The number of hydrogen-bond acceptors (Lipinski definition) is 7. The first-order chi connectivity index (χ1) is 15.1. The SMILES string of the molecule is COc1ccc(-c2nnc3c4c(c(NCC5CCN(C)CC5)nn23)N(C)CCC4)cc1. The summed E-state index contributed by atoms with van der Waals surface area (Å²) in [7, 11) is 6.03. The lowest BCUT2D eigenvalue weighted by Crippen LogP contribution is -2.33. The van der Waals surface area contributed by atoms with Crippen molar-refractivity contribution in [3.8, 4) is 17.1 Å². The Labute approximate surface area is 183 Å². The van der Waals surface area contributed by atoms with Crippen LogP contribution in [0.2, 0.25) is 0 Å². The molecule has 3 aromatic rings. The quantitative estimate of drug-likeness (QED) is 0.679. The number of piperidine rings is 1. The molecule has 2 aromatic heterocycles. The standard InChI is InChI=1S/C23H31N7O/c1-28-13-10-16(11-14-28)15-24-21-20-19(5-4-12-29(20)2)23-26-25-22(30(23)27-21)17-6-8-18(31-3)9-7-17/h6-9,16H,4-5,10-15H2,1-3H3,(H,24,27). The van der Waals surface area contributed by atoms with E-state index in [1.807, 2.05) is 28.8 Å². The molecule has 164 valence electrons. The van der Waals surface area contributed by atoms with E-state index in [0.29, 0.717) is 5.92 Å². The molecule has 1 fully saturated rings. The molecule has 0 saturated carbocycles. The fourth-order valence-corrected chi connectivity index (χ4v) is 4.75. The van der Waals surface area contributed by atoms with Crippen LogP contribution in [0.15, 0.2) is 24.3 Å². The van der Waals surface area contributed by atoms with Crippen molar-refractivity contribution in [3.63, 3.8) is 0 Å². The molecule has 31 heavy (non-hydrogen) atoms. The first-order valence-corrected chi connectivity index (χ1v) is 11.2. The molecule has 0 spiro atoms. The van der Waals surface area contributed by atoms with Gasteiger partial charge in [0.25, 0.3) is 0 Å². The van der Waals surface area contributed by atoms with Crippen LogP contribution in [0, 0.1) is 5.92 Å². The molecule has 4 heterocycles. The Bertz CT molecular complexity index is 1050. The Morgan fingerprint density at radius 3 is 2.58 bits per heavy atom. The number of hydrogen-bond donors (Lipinski definition) is 1.